The number of carbonyl (C=O) groups excluding carboxylic acids is 3. The van der Waals surface area contributed by atoms with E-state index in [9.17, 15) is 24.5 Å². The molecule has 35 heavy (non-hydrogen) atoms. The summed E-state index contributed by atoms with van der Waals surface area (Å²) in [4.78, 5) is 52.6. The quantitative estimate of drug-likeness (QED) is 0.152. The van der Waals surface area contributed by atoms with Crippen molar-refractivity contribution in [2.75, 3.05) is 33.0 Å². The molecule has 0 bridgehead atoms. The first-order valence-corrected chi connectivity index (χ1v) is 11.1. The number of esters is 2. The number of nitrogens with zero attached hydrogens (tertiary/aromatic N) is 2. The van der Waals surface area contributed by atoms with Gasteiger partial charge in [0, 0.05) is 30.4 Å². The van der Waals surface area contributed by atoms with Gasteiger partial charge in [-0.2, -0.15) is 0 Å². The van der Waals surface area contributed by atoms with Crippen LogP contribution >= 0.6 is 0 Å². The average Bonchev–Trinajstić information content (AvgIpc) is 2.82. The monoisotopic (exact) mass is 491 g/mol. The summed E-state index contributed by atoms with van der Waals surface area (Å²) >= 11 is 0. The molecular formula is C23H29N3O9. The van der Waals surface area contributed by atoms with Crippen LogP contribution in [0.15, 0.2) is 40.5 Å². The zero-order valence-electron chi connectivity index (χ0n) is 19.9. The Hall–Kier alpha value is -3.80. The van der Waals surface area contributed by atoms with Crippen LogP contribution in [-0.4, -0.2) is 61.7 Å². The maximum absolute atomic E-state index is 13.2. The fourth-order valence-electron chi connectivity index (χ4n) is 3.67. The summed E-state index contributed by atoms with van der Waals surface area (Å²) < 4.78 is 20.8. The molecule has 1 aromatic carbocycles. The minimum absolute atomic E-state index is 0.0144. The molecule has 1 aromatic rings. The van der Waals surface area contributed by atoms with E-state index in [1.165, 1.54) is 18.2 Å². The Morgan fingerprint density at radius 2 is 1.86 bits per heavy atom. The summed E-state index contributed by atoms with van der Waals surface area (Å²) in [6.45, 7) is 5.31. The predicted octanol–water partition coefficient (Wildman–Crippen LogP) is 2.65. The van der Waals surface area contributed by atoms with Crippen LogP contribution in [0.4, 0.5) is 10.5 Å². The molecule has 0 saturated heterocycles. The Bertz CT molecular complexity index is 1020. The third-order valence-electron chi connectivity index (χ3n) is 5.08. The Morgan fingerprint density at radius 3 is 2.49 bits per heavy atom. The number of rotatable bonds is 12. The molecular weight excluding hydrogens is 462 g/mol. The number of benzene rings is 1. The van der Waals surface area contributed by atoms with E-state index < -0.39 is 41.4 Å². The fourth-order valence-corrected chi connectivity index (χ4v) is 3.67. The Morgan fingerprint density at radius 1 is 1.11 bits per heavy atom. The Labute approximate surface area is 202 Å². The van der Waals surface area contributed by atoms with E-state index in [0.717, 1.165) is 6.42 Å². The van der Waals surface area contributed by atoms with E-state index >= 15 is 0 Å². The molecule has 12 heteroatoms. The molecule has 0 aromatic heterocycles. The molecule has 0 aliphatic carbocycles. The van der Waals surface area contributed by atoms with Crippen molar-refractivity contribution in [1.29, 1.82) is 0 Å². The van der Waals surface area contributed by atoms with E-state index in [4.69, 9.17) is 24.7 Å². The van der Waals surface area contributed by atoms with Crippen LogP contribution in [0.25, 0.3) is 0 Å². The van der Waals surface area contributed by atoms with Crippen LogP contribution in [0, 0.1) is 16.0 Å². The van der Waals surface area contributed by atoms with Crippen molar-refractivity contribution in [3.05, 3.63) is 51.2 Å². The second-order valence-corrected chi connectivity index (χ2v) is 7.53. The number of ether oxygens (including phenoxy) is 4. The molecule has 1 amide bonds. The molecule has 0 saturated carbocycles. The summed E-state index contributed by atoms with van der Waals surface area (Å²) in [5.41, 5.74) is 5.33. The highest BCUT2D eigenvalue weighted by Gasteiger charge is 2.43. The van der Waals surface area contributed by atoms with E-state index in [2.05, 4.69) is 4.99 Å². The molecule has 1 aliphatic rings. The van der Waals surface area contributed by atoms with Crippen molar-refractivity contribution in [1.82, 2.24) is 0 Å². The van der Waals surface area contributed by atoms with Gasteiger partial charge in [0.25, 0.3) is 5.69 Å². The van der Waals surface area contributed by atoms with Crippen LogP contribution < -0.4 is 5.73 Å². The van der Waals surface area contributed by atoms with Crippen molar-refractivity contribution in [2.45, 2.75) is 33.1 Å². The van der Waals surface area contributed by atoms with Gasteiger partial charge < -0.3 is 24.7 Å². The van der Waals surface area contributed by atoms with Crippen molar-refractivity contribution >= 4 is 29.4 Å². The van der Waals surface area contributed by atoms with Gasteiger partial charge in [-0.05, 0) is 25.8 Å². The van der Waals surface area contributed by atoms with Crippen molar-refractivity contribution in [2.24, 2.45) is 16.6 Å². The number of hydrogen-bond acceptors (Lipinski definition) is 10. The average molecular weight is 491 g/mol. The molecule has 0 fully saturated rings. The van der Waals surface area contributed by atoms with Crippen LogP contribution in [0.3, 0.4) is 0 Å². The molecule has 1 heterocycles. The SMILES string of the molecule is CCCOCCOC(=O)C1C(C)=NC(COC(N)=O)=C(C(=O)OCC)C1c1cccc([N+](=O)[O-])c1. The highest BCUT2D eigenvalue weighted by Crippen LogP contribution is 2.41. The fraction of sp³-hybridized carbons (Fsp3) is 0.478. The van der Waals surface area contributed by atoms with Gasteiger partial charge in [-0.15, -0.1) is 0 Å². The molecule has 2 unspecified atom stereocenters. The van der Waals surface area contributed by atoms with E-state index in [0.29, 0.717) is 6.61 Å². The lowest BCUT2D eigenvalue weighted by atomic mass is 9.75. The highest BCUT2D eigenvalue weighted by atomic mass is 16.6. The number of hydrogen-bond donors (Lipinski definition) is 1. The van der Waals surface area contributed by atoms with Crippen molar-refractivity contribution in [3.8, 4) is 0 Å². The van der Waals surface area contributed by atoms with Crippen molar-refractivity contribution in [3.63, 3.8) is 0 Å². The Balaban J connectivity index is 2.58. The predicted molar refractivity (Wildman–Crippen MR) is 124 cm³/mol. The molecule has 2 rings (SSSR count). The Kier molecular flexibility index (Phi) is 10.3. The lowest BCUT2D eigenvalue weighted by molar-refractivity contribution is -0.384. The van der Waals surface area contributed by atoms with Crippen LogP contribution in [-0.2, 0) is 28.5 Å². The summed E-state index contributed by atoms with van der Waals surface area (Å²) in [5, 5.41) is 11.4. The van der Waals surface area contributed by atoms with Crippen LogP contribution in [0.5, 0.6) is 0 Å². The topological polar surface area (TPSA) is 170 Å². The molecule has 190 valence electrons. The van der Waals surface area contributed by atoms with Gasteiger partial charge in [-0.3, -0.25) is 19.9 Å². The normalized spacial score (nSPS) is 17.4. The number of aliphatic imine (C=N–C) groups is 1. The van der Waals surface area contributed by atoms with Gasteiger partial charge in [0.05, 0.1) is 29.4 Å². The van der Waals surface area contributed by atoms with E-state index in [-0.39, 0.29) is 48.1 Å². The minimum atomic E-state index is -1.10. The van der Waals surface area contributed by atoms with Crippen LogP contribution in [0.1, 0.15) is 38.7 Å². The summed E-state index contributed by atoms with van der Waals surface area (Å²) in [6.07, 6.45) is -0.282. The second kappa shape index (κ2) is 13.2. The van der Waals surface area contributed by atoms with Gasteiger partial charge in [0.1, 0.15) is 19.1 Å². The number of nitro groups is 1. The zero-order chi connectivity index (χ0) is 26.0. The highest BCUT2D eigenvalue weighted by molar-refractivity contribution is 6.07. The van der Waals surface area contributed by atoms with Gasteiger partial charge in [0.2, 0.25) is 0 Å². The molecule has 2 N–H and O–H groups in total. The van der Waals surface area contributed by atoms with E-state index in [1.54, 1.807) is 19.9 Å². The smallest absolute Gasteiger partial charge is 0.404 e. The number of non-ortho nitro benzene ring substituents is 1. The maximum atomic E-state index is 13.2. The third-order valence-corrected chi connectivity index (χ3v) is 5.08. The number of primary amides is 1. The van der Waals surface area contributed by atoms with Gasteiger partial charge in [-0.1, -0.05) is 19.1 Å². The summed E-state index contributed by atoms with van der Waals surface area (Å²) in [6, 6.07) is 5.54. The number of amides is 1. The molecule has 0 radical (unpaired) electrons. The zero-order valence-corrected chi connectivity index (χ0v) is 19.9. The third kappa shape index (κ3) is 7.34. The first kappa shape index (κ1) is 27.4. The minimum Gasteiger partial charge on any atom is -0.463 e. The number of carbonyl (C=O) groups is 3. The number of nitrogens with two attached hydrogens (primary N) is 1. The molecule has 12 nitrogen and oxygen atoms in total. The first-order chi connectivity index (χ1) is 16.7. The summed E-state index contributed by atoms with van der Waals surface area (Å²) in [5.74, 6) is -3.66. The molecule has 2 atom stereocenters. The summed E-state index contributed by atoms with van der Waals surface area (Å²) in [7, 11) is 0. The second-order valence-electron chi connectivity index (χ2n) is 7.53. The largest absolute Gasteiger partial charge is 0.463 e. The van der Waals surface area contributed by atoms with Gasteiger partial charge in [0.15, 0.2) is 0 Å². The standard InChI is InChI=1S/C23H29N3O9/c1-4-9-32-10-11-34-21(27)18-14(3)25-17(13-35-23(24)29)20(22(28)33-5-2)19(18)15-7-6-8-16(12-15)26(30)31/h6-8,12,18-19H,4-5,9-11,13H2,1-3H3,(H2,24,29). The van der Waals surface area contributed by atoms with Crippen molar-refractivity contribution < 1.29 is 38.3 Å². The first-order valence-electron chi connectivity index (χ1n) is 11.1. The lowest BCUT2D eigenvalue weighted by Gasteiger charge is -2.32. The molecule has 0 spiro atoms. The van der Waals surface area contributed by atoms with Gasteiger partial charge >= 0.3 is 18.0 Å². The number of nitro benzene ring substituents is 1. The van der Waals surface area contributed by atoms with Crippen LogP contribution in [0.2, 0.25) is 0 Å². The maximum Gasteiger partial charge on any atom is 0.404 e. The van der Waals surface area contributed by atoms with E-state index in [1.807, 2.05) is 6.92 Å². The van der Waals surface area contributed by atoms with Gasteiger partial charge in [-0.25, -0.2) is 9.59 Å². The molecule has 1 aliphatic heterocycles. The lowest BCUT2D eigenvalue weighted by Crippen LogP contribution is -2.38.